The van der Waals surface area contributed by atoms with Gasteiger partial charge in [-0.05, 0) is 49.2 Å². The third kappa shape index (κ3) is 2.07. The topological polar surface area (TPSA) is 24.8 Å². The van der Waals surface area contributed by atoms with Crippen LogP contribution in [0.25, 0.3) is 0 Å². The average molecular weight is 230 g/mol. The number of aliphatic imine (C=N–C) groups is 1. The maximum Gasteiger partial charge on any atom is 0.123 e. The van der Waals surface area contributed by atoms with Crippen LogP contribution in [0.1, 0.15) is 23.1 Å². The smallest absolute Gasteiger partial charge is 0.123 e. The number of hydrogen-bond acceptors (Lipinski definition) is 3. The Bertz CT molecular complexity index is 468. The molecule has 0 bridgehead atoms. The van der Waals surface area contributed by atoms with E-state index in [0.29, 0.717) is 6.10 Å². The highest BCUT2D eigenvalue weighted by atomic mass is 16.5. The SMILES string of the molecule is Cc1cc2c(cc1O[C@@H]1CCN(C)C1)CN=C2. The maximum atomic E-state index is 6.10. The first-order chi connectivity index (χ1) is 8.22. The van der Waals surface area contributed by atoms with E-state index in [4.69, 9.17) is 4.74 Å². The van der Waals surface area contributed by atoms with Crippen molar-refractivity contribution in [3.8, 4) is 5.75 Å². The summed E-state index contributed by atoms with van der Waals surface area (Å²) < 4.78 is 6.10. The zero-order valence-electron chi connectivity index (χ0n) is 10.4. The molecule has 17 heavy (non-hydrogen) atoms. The van der Waals surface area contributed by atoms with Crippen LogP contribution in [0.4, 0.5) is 0 Å². The summed E-state index contributed by atoms with van der Waals surface area (Å²) in [6.07, 6.45) is 3.43. The molecule has 1 fully saturated rings. The third-order valence-corrected chi connectivity index (χ3v) is 3.57. The van der Waals surface area contributed by atoms with Gasteiger partial charge in [-0.3, -0.25) is 4.99 Å². The Morgan fingerprint density at radius 2 is 2.29 bits per heavy atom. The van der Waals surface area contributed by atoms with E-state index in [9.17, 15) is 0 Å². The van der Waals surface area contributed by atoms with Crippen molar-refractivity contribution in [1.82, 2.24) is 4.90 Å². The van der Waals surface area contributed by atoms with Crippen molar-refractivity contribution in [3.05, 3.63) is 28.8 Å². The van der Waals surface area contributed by atoms with E-state index in [2.05, 4.69) is 36.0 Å². The van der Waals surface area contributed by atoms with Gasteiger partial charge in [0.25, 0.3) is 0 Å². The molecule has 1 aromatic carbocycles. The first kappa shape index (κ1) is 10.8. The summed E-state index contributed by atoms with van der Waals surface area (Å²) in [5.41, 5.74) is 3.75. The molecule has 0 N–H and O–H groups in total. The Morgan fingerprint density at radius 3 is 3.06 bits per heavy atom. The van der Waals surface area contributed by atoms with Gasteiger partial charge in [0, 0.05) is 19.3 Å². The predicted molar refractivity (Wildman–Crippen MR) is 69.0 cm³/mol. The number of rotatable bonds is 2. The van der Waals surface area contributed by atoms with Gasteiger partial charge in [0.2, 0.25) is 0 Å². The molecular formula is C14H18N2O. The van der Waals surface area contributed by atoms with Gasteiger partial charge in [0.1, 0.15) is 11.9 Å². The zero-order valence-corrected chi connectivity index (χ0v) is 10.4. The number of aryl methyl sites for hydroxylation is 1. The molecule has 2 heterocycles. The summed E-state index contributed by atoms with van der Waals surface area (Å²) in [7, 11) is 2.15. The molecule has 1 aromatic rings. The van der Waals surface area contributed by atoms with E-state index < -0.39 is 0 Å². The highest BCUT2D eigenvalue weighted by Gasteiger charge is 2.22. The maximum absolute atomic E-state index is 6.10. The highest BCUT2D eigenvalue weighted by molar-refractivity contribution is 5.85. The van der Waals surface area contributed by atoms with Crippen molar-refractivity contribution >= 4 is 6.21 Å². The first-order valence-corrected chi connectivity index (χ1v) is 6.21. The summed E-state index contributed by atoms with van der Waals surface area (Å²) in [5, 5.41) is 0. The van der Waals surface area contributed by atoms with Gasteiger partial charge in [-0.25, -0.2) is 0 Å². The molecule has 0 spiro atoms. The number of likely N-dealkylation sites (tertiary alicyclic amines) is 1. The lowest BCUT2D eigenvalue weighted by Gasteiger charge is -2.16. The van der Waals surface area contributed by atoms with Crippen LogP contribution in [0, 0.1) is 6.92 Å². The van der Waals surface area contributed by atoms with Gasteiger partial charge in [0.15, 0.2) is 0 Å². The second-order valence-corrected chi connectivity index (χ2v) is 5.08. The molecule has 1 atom stereocenters. The monoisotopic (exact) mass is 230 g/mol. The predicted octanol–water partition coefficient (Wildman–Crippen LogP) is 2.01. The quantitative estimate of drug-likeness (QED) is 0.776. The van der Waals surface area contributed by atoms with E-state index >= 15 is 0 Å². The molecule has 90 valence electrons. The number of nitrogens with zero attached hydrogens (tertiary/aromatic N) is 2. The van der Waals surface area contributed by atoms with E-state index in [0.717, 1.165) is 31.8 Å². The molecule has 0 radical (unpaired) electrons. The molecule has 1 saturated heterocycles. The zero-order chi connectivity index (χ0) is 11.8. The molecule has 3 nitrogen and oxygen atoms in total. The normalized spacial score (nSPS) is 23.1. The summed E-state index contributed by atoms with van der Waals surface area (Å²) in [6, 6.07) is 4.34. The lowest BCUT2D eigenvalue weighted by molar-refractivity contribution is 0.206. The van der Waals surface area contributed by atoms with Crippen LogP contribution in [0.3, 0.4) is 0 Å². The molecule has 3 heteroatoms. The van der Waals surface area contributed by atoms with Crippen molar-refractivity contribution in [3.63, 3.8) is 0 Å². The Morgan fingerprint density at radius 1 is 1.41 bits per heavy atom. The first-order valence-electron chi connectivity index (χ1n) is 6.21. The second-order valence-electron chi connectivity index (χ2n) is 5.08. The van der Waals surface area contributed by atoms with Crippen molar-refractivity contribution in [2.75, 3.05) is 20.1 Å². The fraction of sp³-hybridized carbons (Fsp3) is 0.500. The third-order valence-electron chi connectivity index (χ3n) is 3.57. The second kappa shape index (κ2) is 4.15. The van der Waals surface area contributed by atoms with Crippen molar-refractivity contribution in [1.29, 1.82) is 0 Å². The average Bonchev–Trinajstić information content (AvgIpc) is 2.88. The largest absolute Gasteiger partial charge is 0.489 e. The number of ether oxygens (including phenoxy) is 1. The van der Waals surface area contributed by atoms with Crippen LogP contribution in [-0.2, 0) is 6.54 Å². The van der Waals surface area contributed by atoms with Crippen molar-refractivity contribution in [2.45, 2.75) is 26.0 Å². The van der Waals surface area contributed by atoms with Crippen LogP contribution in [0.15, 0.2) is 17.1 Å². The summed E-state index contributed by atoms with van der Waals surface area (Å²) >= 11 is 0. The van der Waals surface area contributed by atoms with Crippen LogP contribution >= 0.6 is 0 Å². The number of hydrogen-bond donors (Lipinski definition) is 0. The summed E-state index contributed by atoms with van der Waals surface area (Å²) in [4.78, 5) is 6.60. The molecular weight excluding hydrogens is 212 g/mol. The molecule has 2 aliphatic heterocycles. The Balaban J connectivity index is 1.80. The molecule has 0 aromatic heterocycles. The Labute approximate surface area is 102 Å². The molecule has 2 aliphatic rings. The number of fused-ring (bicyclic) bond motifs is 1. The van der Waals surface area contributed by atoms with E-state index in [1.54, 1.807) is 0 Å². The molecule has 0 saturated carbocycles. The van der Waals surface area contributed by atoms with Gasteiger partial charge >= 0.3 is 0 Å². The lowest BCUT2D eigenvalue weighted by atomic mass is 10.1. The van der Waals surface area contributed by atoms with Gasteiger partial charge in [-0.1, -0.05) is 0 Å². The number of benzene rings is 1. The molecule has 0 unspecified atom stereocenters. The minimum absolute atomic E-state index is 0.346. The minimum atomic E-state index is 0.346. The van der Waals surface area contributed by atoms with Crippen molar-refractivity contribution < 1.29 is 4.74 Å². The van der Waals surface area contributed by atoms with E-state index in [-0.39, 0.29) is 0 Å². The fourth-order valence-electron chi connectivity index (χ4n) is 2.55. The van der Waals surface area contributed by atoms with E-state index in [1.165, 1.54) is 16.7 Å². The van der Waals surface area contributed by atoms with Crippen LogP contribution in [-0.4, -0.2) is 37.4 Å². The summed E-state index contributed by atoms with van der Waals surface area (Å²) in [5.74, 6) is 1.04. The lowest BCUT2D eigenvalue weighted by Crippen LogP contribution is -2.21. The highest BCUT2D eigenvalue weighted by Crippen LogP contribution is 2.27. The standard InChI is InChI=1S/C14H18N2O/c1-10-5-11-7-15-8-12(11)6-14(10)17-13-3-4-16(2)9-13/h5-7,13H,3-4,8-9H2,1-2H3/t13-/m1/s1. The number of likely N-dealkylation sites (N-methyl/N-ethyl adjacent to an activating group) is 1. The van der Waals surface area contributed by atoms with Gasteiger partial charge in [0.05, 0.1) is 6.54 Å². The minimum Gasteiger partial charge on any atom is -0.489 e. The van der Waals surface area contributed by atoms with Gasteiger partial charge < -0.3 is 9.64 Å². The Kier molecular flexibility index (Phi) is 2.63. The summed E-state index contributed by atoms with van der Waals surface area (Å²) in [6.45, 7) is 5.09. The van der Waals surface area contributed by atoms with E-state index in [1.807, 2.05) is 6.21 Å². The van der Waals surface area contributed by atoms with Gasteiger partial charge in [-0.2, -0.15) is 0 Å². The van der Waals surface area contributed by atoms with Crippen LogP contribution in [0.2, 0.25) is 0 Å². The Hall–Kier alpha value is -1.35. The van der Waals surface area contributed by atoms with Gasteiger partial charge in [-0.15, -0.1) is 0 Å². The molecule has 0 aliphatic carbocycles. The molecule has 3 rings (SSSR count). The fourth-order valence-corrected chi connectivity index (χ4v) is 2.55. The van der Waals surface area contributed by atoms with Crippen LogP contribution < -0.4 is 4.74 Å². The molecule has 0 amide bonds. The van der Waals surface area contributed by atoms with Crippen LogP contribution in [0.5, 0.6) is 5.75 Å². The van der Waals surface area contributed by atoms with Crippen molar-refractivity contribution in [2.24, 2.45) is 4.99 Å².